The maximum absolute atomic E-state index is 13.6. The lowest BCUT2D eigenvalue weighted by molar-refractivity contribution is -0.137. The Kier molecular flexibility index (Phi) is 7.42. The van der Waals surface area contributed by atoms with Crippen LogP contribution in [0.2, 0.25) is 0 Å². The lowest BCUT2D eigenvalue weighted by atomic mass is 10.1. The van der Waals surface area contributed by atoms with Crippen LogP contribution in [0.4, 0.5) is 13.2 Å². The number of halogens is 3. The van der Waals surface area contributed by atoms with Gasteiger partial charge in [-0.3, -0.25) is 14.2 Å². The number of amides is 1. The van der Waals surface area contributed by atoms with Gasteiger partial charge in [0, 0.05) is 12.7 Å². The van der Waals surface area contributed by atoms with E-state index in [0.29, 0.717) is 35.4 Å². The number of aryl methyl sites for hydroxylation is 1. The van der Waals surface area contributed by atoms with E-state index in [4.69, 9.17) is 4.98 Å². The fourth-order valence-corrected chi connectivity index (χ4v) is 4.26. The summed E-state index contributed by atoms with van der Waals surface area (Å²) in [6, 6.07) is 14.7. The summed E-state index contributed by atoms with van der Waals surface area (Å²) in [5.41, 5.74) is 1.33. The monoisotopic (exact) mass is 508 g/mol. The molecule has 1 amide bonds. The number of alkyl halides is 3. The highest BCUT2D eigenvalue weighted by Crippen LogP contribution is 2.29. The molecule has 9 heteroatoms. The number of hydrogen-bond acceptors (Lipinski definition) is 4. The Morgan fingerprint density at radius 1 is 1.05 bits per heavy atom. The minimum Gasteiger partial charge on any atom is -0.332 e. The number of rotatable bonds is 7. The third-order valence-electron chi connectivity index (χ3n) is 6.22. The molecule has 4 rings (SSSR count). The second kappa shape index (κ2) is 10.5. The lowest BCUT2D eigenvalue weighted by Gasteiger charge is -2.30. The molecular weight excluding hydrogens is 481 g/mol. The van der Waals surface area contributed by atoms with Gasteiger partial charge in [-0.25, -0.2) is 9.97 Å². The predicted molar refractivity (Wildman–Crippen MR) is 135 cm³/mol. The second-order valence-corrected chi connectivity index (χ2v) is 8.96. The van der Waals surface area contributed by atoms with Gasteiger partial charge in [0.05, 0.1) is 29.1 Å². The van der Waals surface area contributed by atoms with Crippen molar-refractivity contribution in [3.63, 3.8) is 0 Å². The molecule has 4 aromatic rings. The summed E-state index contributed by atoms with van der Waals surface area (Å²) in [5, 5.41) is 0.358. The number of nitrogens with zero attached hydrogens (tertiary/aromatic N) is 4. The van der Waals surface area contributed by atoms with Gasteiger partial charge in [-0.05, 0) is 62.2 Å². The van der Waals surface area contributed by atoms with Crippen molar-refractivity contribution < 1.29 is 18.0 Å². The average Bonchev–Trinajstić information content (AvgIpc) is 2.87. The minimum atomic E-state index is -4.44. The third kappa shape index (κ3) is 5.55. The molecule has 0 bridgehead atoms. The molecule has 0 N–H and O–H groups in total. The largest absolute Gasteiger partial charge is 0.416 e. The Labute approximate surface area is 212 Å². The summed E-state index contributed by atoms with van der Waals surface area (Å²) >= 11 is 0. The molecule has 2 aromatic heterocycles. The Balaban J connectivity index is 1.75. The summed E-state index contributed by atoms with van der Waals surface area (Å²) in [4.78, 5) is 37.6. The van der Waals surface area contributed by atoms with Crippen molar-refractivity contribution in [3.05, 3.63) is 99.7 Å². The van der Waals surface area contributed by atoms with Crippen molar-refractivity contribution in [1.82, 2.24) is 19.4 Å². The summed E-state index contributed by atoms with van der Waals surface area (Å²) < 4.78 is 40.3. The first-order valence-corrected chi connectivity index (χ1v) is 12.0. The number of fused-ring (bicyclic) bond motifs is 1. The van der Waals surface area contributed by atoms with E-state index < -0.39 is 17.8 Å². The molecule has 0 saturated heterocycles. The summed E-state index contributed by atoms with van der Waals surface area (Å²) in [5.74, 6) is 0.0780. The maximum Gasteiger partial charge on any atom is 0.416 e. The summed E-state index contributed by atoms with van der Waals surface area (Å²) in [7, 11) is 0. The zero-order valence-corrected chi connectivity index (χ0v) is 20.8. The Morgan fingerprint density at radius 3 is 2.35 bits per heavy atom. The Hall–Kier alpha value is -4.01. The van der Waals surface area contributed by atoms with Crippen LogP contribution in [0.3, 0.4) is 0 Å². The van der Waals surface area contributed by atoms with Gasteiger partial charge in [-0.15, -0.1) is 0 Å². The molecule has 0 aliphatic carbocycles. The van der Waals surface area contributed by atoms with E-state index in [0.717, 1.165) is 17.7 Å². The van der Waals surface area contributed by atoms with Gasteiger partial charge in [0.25, 0.3) is 5.56 Å². The molecule has 1 atom stereocenters. The molecule has 2 heterocycles. The number of benzene rings is 2. The van der Waals surface area contributed by atoms with Crippen molar-refractivity contribution >= 4 is 16.9 Å². The van der Waals surface area contributed by atoms with Crippen LogP contribution in [-0.4, -0.2) is 31.9 Å². The second-order valence-electron chi connectivity index (χ2n) is 8.96. The third-order valence-corrected chi connectivity index (χ3v) is 6.22. The maximum atomic E-state index is 13.6. The highest BCUT2D eigenvalue weighted by molar-refractivity contribution is 5.79. The van der Waals surface area contributed by atoms with Gasteiger partial charge in [0.2, 0.25) is 5.91 Å². The molecule has 2 aromatic carbocycles. The van der Waals surface area contributed by atoms with Crippen LogP contribution in [0.15, 0.2) is 71.7 Å². The van der Waals surface area contributed by atoms with Crippen LogP contribution in [0.1, 0.15) is 48.8 Å². The van der Waals surface area contributed by atoms with Crippen molar-refractivity contribution in [3.8, 4) is 5.69 Å². The van der Waals surface area contributed by atoms with Gasteiger partial charge in [0.15, 0.2) is 5.65 Å². The SMILES string of the molecule is CCCN(C(=O)Cc1ccc(C(F)(F)F)cc1)[C@H](C)c1nc2ncccc2c(=O)n1-c1ccc(C)cc1. The molecule has 37 heavy (non-hydrogen) atoms. The van der Waals surface area contributed by atoms with Crippen LogP contribution < -0.4 is 5.56 Å². The fraction of sp³-hybridized carbons (Fsp3) is 0.286. The van der Waals surface area contributed by atoms with Gasteiger partial charge < -0.3 is 4.90 Å². The topological polar surface area (TPSA) is 68.1 Å². The van der Waals surface area contributed by atoms with E-state index in [1.54, 1.807) is 30.2 Å². The molecule has 0 unspecified atom stereocenters. The lowest BCUT2D eigenvalue weighted by Crippen LogP contribution is -2.38. The Bertz CT molecular complexity index is 1460. The molecule has 0 aliphatic rings. The molecule has 0 radical (unpaired) electrons. The van der Waals surface area contributed by atoms with E-state index in [1.165, 1.54) is 16.7 Å². The molecular formula is C28H27F3N4O2. The normalized spacial score (nSPS) is 12.5. The number of hydrogen-bond donors (Lipinski definition) is 0. The smallest absolute Gasteiger partial charge is 0.332 e. The highest BCUT2D eigenvalue weighted by Gasteiger charge is 2.30. The Morgan fingerprint density at radius 2 is 1.73 bits per heavy atom. The zero-order valence-electron chi connectivity index (χ0n) is 20.8. The van der Waals surface area contributed by atoms with Crippen molar-refractivity contribution in [2.45, 2.75) is 45.8 Å². The molecule has 192 valence electrons. The van der Waals surface area contributed by atoms with Gasteiger partial charge in [-0.1, -0.05) is 36.8 Å². The predicted octanol–water partition coefficient (Wildman–Crippen LogP) is 5.65. The van der Waals surface area contributed by atoms with E-state index in [9.17, 15) is 22.8 Å². The molecule has 0 saturated carbocycles. The van der Waals surface area contributed by atoms with Crippen LogP contribution >= 0.6 is 0 Å². The number of carbonyl (C=O) groups excluding carboxylic acids is 1. The van der Waals surface area contributed by atoms with Crippen LogP contribution in [0, 0.1) is 6.92 Å². The van der Waals surface area contributed by atoms with Crippen molar-refractivity contribution in [2.75, 3.05) is 6.54 Å². The van der Waals surface area contributed by atoms with E-state index in [-0.39, 0.29) is 23.5 Å². The molecule has 0 aliphatic heterocycles. The average molecular weight is 509 g/mol. The quantitative estimate of drug-likeness (QED) is 0.324. The van der Waals surface area contributed by atoms with E-state index in [1.807, 2.05) is 38.1 Å². The fourth-order valence-electron chi connectivity index (χ4n) is 4.26. The van der Waals surface area contributed by atoms with Crippen LogP contribution in [-0.2, 0) is 17.4 Å². The van der Waals surface area contributed by atoms with Gasteiger partial charge in [-0.2, -0.15) is 13.2 Å². The van der Waals surface area contributed by atoms with Crippen molar-refractivity contribution in [2.24, 2.45) is 0 Å². The number of pyridine rings is 1. The van der Waals surface area contributed by atoms with E-state index >= 15 is 0 Å². The van der Waals surface area contributed by atoms with Crippen molar-refractivity contribution in [1.29, 1.82) is 0 Å². The molecule has 0 fully saturated rings. The number of carbonyl (C=O) groups is 1. The van der Waals surface area contributed by atoms with E-state index in [2.05, 4.69) is 4.98 Å². The zero-order chi connectivity index (χ0) is 26.7. The molecule has 0 spiro atoms. The van der Waals surface area contributed by atoms with Gasteiger partial charge >= 0.3 is 6.18 Å². The number of aromatic nitrogens is 3. The van der Waals surface area contributed by atoms with Crippen LogP contribution in [0.5, 0.6) is 0 Å². The minimum absolute atomic E-state index is 0.0803. The highest BCUT2D eigenvalue weighted by atomic mass is 19.4. The summed E-state index contributed by atoms with van der Waals surface area (Å²) in [6.45, 7) is 6.04. The van der Waals surface area contributed by atoms with Gasteiger partial charge in [0.1, 0.15) is 5.82 Å². The summed E-state index contributed by atoms with van der Waals surface area (Å²) in [6.07, 6.45) is -2.33. The first kappa shape index (κ1) is 26.1. The first-order chi connectivity index (χ1) is 17.6. The first-order valence-electron chi connectivity index (χ1n) is 12.0. The standard InChI is InChI=1S/C28H27F3N4O2/c1-4-16-34(24(36)17-20-9-11-21(12-10-20)28(29,30)31)19(3)26-33-25-23(6-5-15-32-25)27(37)35(26)22-13-7-18(2)8-14-22/h5-15,19H,4,16-17H2,1-3H3/t19-/m1/s1. The molecule has 6 nitrogen and oxygen atoms in total. The van der Waals surface area contributed by atoms with Crippen LogP contribution in [0.25, 0.3) is 16.7 Å².